The third-order valence-corrected chi connectivity index (χ3v) is 4.41. The average molecular weight is 342 g/mol. The zero-order chi connectivity index (χ0) is 18.0. The number of rotatable bonds is 6. The standard InChI is InChI=1S/C19H18O6/c20-16(18(22)23)17(21)19(24)25-10-9-15-13-7-3-1-5-11(13)12-6-2-4-8-14(12)15/h1-8,15-17,20-21H,9-10H2,(H,22,23)/t16-,17-/m1/s1. The van der Waals surface area contributed by atoms with Crippen LogP contribution in [0.25, 0.3) is 11.1 Å². The molecule has 6 nitrogen and oxygen atoms in total. The lowest BCUT2D eigenvalue weighted by atomic mass is 9.94. The molecule has 0 bridgehead atoms. The zero-order valence-electron chi connectivity index (χ0n) is 13.3. The Balaban J connectivity index is 1.68. The molecule has 0 heterocycles. The van der Waals surface area contributed by atoms with Crippen molar-refractivity contribution in [1.82, 2.24) is 0 Å². The van der Waals surface area contributed by atoms with Crippen LogP contribution in [-0.4, -0.2) is 46.1 Å². The van der Waals surface area contributed by atoms with E-state index in [4.69, 9.17) is 9.84 Å². The van der Waals surface area contributed by atoms with Gasteiger partial charge >= 0.3 is 11.9 Å². The van der Waals surface area contributed by atoms with E-state index in [2.05, 4.69) is 0 Å². The normalized spacial score (nSPS) is 15.1. The molecule has 6 heteroatoms. The fourth-order valence-electron chi connectivity index (χ4n) is 3.20. The van der Waals surface area contributed by atoms with E-state index in [9.17, 15) is 19.8 Å². The quantitative estimate of drug-likeness (QED) is 0.688. The number of carboxylic acids is 1. The highest BCUT2D eigenvalue weighted by Crippen LogP contribution is 2.45. The summed E-state index contributed by atoms with van der Waals surface area (Å²) in [7, 11) is 0. The van der Waals surface area contributed by atoms with Gasteiger partial charge in [-0.3, -0.25) is 0 Å². The summed E-state index contributed by atoms with van der Waals surface area (Å²) in [4.78, 5) is 22.2. The van der Waals surface area contributed by atoms with Crippen LogP contribution >= 0.6 is 0 Å². The molecule has 0 fully saturated rings. The maximum absolute atomic E-state index is 11.7. The summed E-state index contributed by atoms with van der Waals surface area (Å²) < 4.78 is 4.95. The first kappa shape index (κ1) is 17.1. The molecule has 130 valence electrons. The lowest BCUT2D eigenvalue weighted by molar-refractivity contribution is -0.169. The summed E-state index contributed by atoms with van der Waals surface area (Å²) in [5, 5.41) is 27.2. The van der Waals surface area contributed by atoms with Crippen molar-refractivity contribution in [3.8, 4) is 11.1 Å². The van der Waals surface area contributed by atoms with Gasteiger partial charge in [0.05, 0.1) is 6.61 Å². The summed E-state index contributed by atoms with van der Waals surface area (Å²) in [6.07, 6.45) is -3.79. The Labute approximate surface area is 144 Å². The molecule has 0 saturated heterocycles. The van der Waals surface area contributed by atoms with E-state index in [1.165, 1.54) is 0 Å². The smallest absolute Gasteiger partial charge is 0.338 e. The third-order valence-electron chi connectivity index (χ3n) is 4.41. The van der Waals surface area contributed by atoms with Crippen molar-refractivity contribution < 1.29 is 29.6 Å². The van der Waals surface area contributed by atoms with E-state index >= 15 is 0 Å². The molecular formula is C19H18O6. The number of ether oxygens (including phenoxy) is 1. The molecule has 3 rings (SSSR count). The number of hydrogen-bond donors (Lipinski definition) is 3. The van der Waals surface area contributed by atoms with Crippen LogP contribution in [0.4, 0.5) is 0 Å². The molecule has 1 aliphatic carbocycles. The lowest BCUT2D eigenvalue weighted by Crippen LogP contribution is -2.40. The SMILES string of the molecule is O=C(O)[C@H](O)[C@@H](O)C(=O)OCCC1c2ccccc2-c2ccccc21. The van der Waals surface area contributed by atoms with Crippen molar-refractivity contribution >= 4 is 11.9 Å². The fraction of sp³-hybridized carbons (Fsp3) is 0.263. The monoisotopic (exact) mass is 342 g/mol. The predicted molar refractivity (Wildman–Crippen MR) is 88.9 cm³/mol. The maximum atomic E-state index is 11.7. The van der Waals surface area contributed by atoms with Gasteiger partial charge in [0.2, 0.25) is 0 Å². The van der Waals surface area contributed by atoms with Gasteiger partial charge in [0.15, 0.2) is 12.2 Å². The summed E-state index contributed by atoms with van der Waals surface area (Å²) in [6.45, 7) is 0.00949. The highest BCUT2D eigenvalue weighted by Gasteiger charge is 2.32. The van der Waals surface area contributed by atoms with Crippen LogP contribution in [0.2, 0.25) is 0 Å². The minimum absolute atomic E-state index is 0.00949. The maximum Gasteiger partial charge on any atom is 0.338 e. The molecule has 0 aromatic heterocycles. The van der Waals surface area contributed by atoms with Gasteiger partial charge in [0, 0.05) is 5.92 Å². The molecule has 0 unspecified atom stereocenters. The summed E-state index contributed by atoms with van der Waals surface area (Å²) in [5.74, 6) is -2.76. The molecule has 0 spiro atoms. The molecule has 0 amide bonds. The Hall–Kier alpha value is -2.70. The number of esters is 1. The van der Waals surface area contributed by atoms with E-state index < -0.39 is 24.1 Å². The van der Waals surface area contributed by atoms with Crippen molar-refractivity contribution in [2.45, 2.75) is 24.5 Å². The van der Waals surface area contributed by atoms with Crippen molar-refractivity contribution in [1.29, 1.82) is 0 Å². The first-order chi connectivity index (χ1) is 12.0. The Morgan fingerprint density at radius 2 is 1.44 bits per heavy atom. The molecule has 2 aromatic rings. The van der Waals surface area contributed by atoms with Gasteiger partial charge in [-0.2, -0.15) is 0 Å². The molecule has 0 aliphatic heterocycles. The lowest BCUT2D eigenvalue weighted by Gasteiger charge is -2.16. The van der Waals surface area contributed by atoms with Crippen LogP contribution in [0.15, 0.2) is 48.5 Å². The highest BCUT2D eigenvalue weighted by atomic mass is 16.5. The van der Waals surface area contributed by atoms with Gasteiger partial charge in [0.25, 0.3) is 0 Å². The molecule has 3 N–H and O–H groups in total. The number of aliphatic hydroxyl groups is 2. The second-order valence-electron chi connectivity index (χ2n) is 5.91. The third kappa shape index (κ3) is 3.26. The van der Waals surface area contributed by atoms with Gasteiger partial charge in [-0.05, 0) is 28.7 Å². The molecule has 2 atom stereocenters. The topological polar surface area (TPSA) is 104 Å². The number of carboxylic acid groups (broad SMARTS) is 1. The molecule has 0 radical (unpaired) electrons. The number of benzene rings is 2. The van der Waals surface area contributed by atoms with Gasteiger partial charge < -0.3 is 20.1 Å². The Morgan fingerprint density at radius 1 is 0.920 bits per heavy atom. The van der Waals surface area contributed by atoms with Crippen LogP contribution < -0.4 is 0 Å². The first-order valence-electron chi connectivity index (χ1n) is 7.94. The number of aliphatic hydroxyl groups excluding tert-OH is 2. The summed E-state index contributed by atoms with van der Waals surface area (Å²) >= 11 is 0. The Morgan fingerprint density at radius 3 is 1.96 bits per heavy atom. The second-order valence-corrected chi connectivity index (χ2v) is 5.91. The molecule has 2 aromatic carbocycles. The Bertz CT molecular complexity index is 755. The second kappa shape index (κ2) is 7.04. The zero-order valence-corrected chi connectivity index (χ0v) is 13.3. The first-order valence-corrected chi connectivity index (χ1v) is 7.94. The van der Waals surface area contributed by atoms with Crippen molar-refractivity contribution in [3.63, 3.8) is 0 Å². The number of carbonyl (C=O) groups is 2. The van der Waals surface area contributed by atoms with Gasteiger partial charge in [-0.15, -0.1) is 0 Å². The van der Waals surface area contributed by atoms with Crippen molar-refractivity contribution in [2.75, 3.05) is 6.61 Å². The number of hydrogen-bond acceptors (Lipinski definition) is 5. The number of fused-ring (bicyclic) bond motifs is 3. The largest absolute Gasteiger partial charge is 0.479 e. The number of carbonyl (C=O) groups excluding carboxylic acids is 1. The van der Waals surface area contributed by atoms with Crippen LogP contribution in [-0.2, 0) is 14.3 Å². The average Bonchev–Trinajstić information content (AvgIpc) is 2.94. The van der Waals surface area contributed by atoms with Crippen LogP contribution in [0.3, 0.4) is 0 Å². The summed E-state index contributed by atoms with van der Waals surface area (Å²) in [6, 6.07) is 16.0. The van der Waals surface area contributed by atoms with Gasteiger partial charge in [-0.1, -0.05) is 48.5 Å². The van der Waals surface area contributed by atoms with Crippen molar-refractivity contribution in [3.05, 3.63) is 59.7 Å². The van der Waals surface area contributed by atoms with E-state index in [1.54, 1.807) is 0 Å². The molecular weight excluding hydrogens is 324 g/mol. The van der Waals surface area contributed by atoms with Gasteiger partial charge in [-0.25, -0.2) is 9.59 Å². The van der Waals surface area contributed by atoms with E-state index in [0.29, 0.717) is 6.42 Å². The molecule has 0 saturated carbocycles. The minimum atomic E-state index is -2.19. The van der Waals surface area contributed by atoms with E-state index in [0.717, 1.165) is 22.3 Å². The van der Waals surface area contributed by atoms with Crippen LogP contribution in [0.5, 0.6) is 0 Å². The van der Waals surface area contributed by atoms with Crippen molar-refractivity contribution in [2.24, 2.45) is 0 Å². The molecule has 25 heavy (non-hydrogen) atoms. The number of aliphatic carboxylic acids is 1. The van der Waals surface area contributed by atoms with Gasteiger partial charge in [0.1, 0.15) is 0 Å². The minimum Gasteiger partial charge on any atom is -0.479 e. The predicted octanol–water partition coefficient (Wildman–Crippen LogP) is 1.54. The van der Waals surface area contributed by atoms with E-state index in [-0.39, 0.29) is 12.5 Å². The van der Waals surface area contributed by atoms with Crippen LogP contribution in [0.1, 0.15) is 23.5 Å². The Kier molecular flexibility index (Phi) is 4.83. The van der Waals surface area contributed by atoms with E-state index in [1.807, 2.05) is 48.5 Å². The highest BCUT2D eigenvalue weighted by molar-refractivity contribution is 5.84. The van der Waals surface area contributed by atoms with Crippen LogP contribution in [0, 0.1) is 0 Å². The molecule has 1 aliphatic rings. The fourth-order valence-corrected chi connectivity index (χ4v) is 3.20. The summed E-state index contributed by atoms with van der Waals surface area (Å²) in [5.41, 5.74) is 4.59.